The van der Waals surface area contributed by atoms with E-state index in [9.17, 15) is 4.79 Å². The number of hydrogen-bond acceptors (Lipinski definition) is 3. The Labute approximate surface area is 133 Å². The first-order chi connectivity index (χ1) is 10.8. The van der Waals surface area contributed by atoms with Gasteiger partial charge in [0, 0.05) is 24.7 Å². The molecular formula is C17H15N3OS. The molecule has 1 aliphatic rings. The second-order valence-electron chi connectivity index (χ2n) is 5.53. The monoisotopic (exact) mass is 309 g/mol. The number of para-hydroxylation sites is 1. The molecule has 4 rings (SSSR count). The van der Waals surface area contributed by atoms with E-state index in [0.29, 0.717) is 16.4 Å². The number of benzene rings is 1. The molecule has 0 saturated carbocycles. The van der Waals surface area contributed by atoms with Crippen LogP contribution in [-0.4, -0.2) is 32.7 Å². The maximum atomic E-state index is 12.7. The Hall–Kier alpha value is -2.27. The van der Waals surface area contributed by atoms with Crippen LogP contribution in [0, 0.1) is 0 Å². The number of hydrogen-bond donors (Lipinski definition) is 0. The lowest BCUT2D eigenvalue weighted by atomic mass is 10.1. The van der Waals surface area contributed by atoms with Gasteiger partial charge in [-0.05, 0) is 49.3 Å². The van der Waals surface area contributed by atoms with Gasteiger partial charge in [0.25, 0.3) is 0 Å². The van der Waals surface area contributed by atoms with Crippen molar-refractivity contribution in [3.8, 4) is 0 Å². The summed E-state index contributed by atoms with van der Waals surface area (Å²) in [5, 5.41) is 2.03. The Morgan fingerprint density at radius 2 is 1.77 bits per heavy atom. The summed E-state index contributed by atoms with van der Waals surface area (Å²) in [5.41, 5.74) is 1.48. The number of aromatic nitrogens is 2. The first-order valence-corrected chi connectivity index (χ1v) is 7.86. The van der Waals surface area contributed by atoms with Gasteiger partial charge in [-0.2, -0.15) is 0 Å². The summed E-state index contributed by atoms with van der Waals surface area (Å²) in [6.07, 6.45) is 4.02. The van der Waals surface area contributed by atoms with Crippen molar-refractivity contribution in [2.75, 3.05) is 13.1 Å². The Bertz CT molecular complexity index is 881. The van der Waals surface area contributed by atoms with E-state index in [-0.39, 0.29) is 5.43 Å². The Balaban J connectivity index is 2.11. The van der Waals surface area contributed by atoms with Crippen LogP contribution in [0.2, 0.25) is 0 Å². The molecular weight excluding hydrogens is 294 g/mol. The van der Waals surface area contributed by atoms with Crippen molar-refractivity contribution in [2.24, 2.45) is 0 Å². The quantitative estimate of drug-likeness (QED) is 0.473. The highest BCUT2D eigenvalue weighted by molar-refractivity contribution is 7.80. The van der Waals surface area contributed by atoms with Crippen molar-refractivity contribution >= 4 is 39.3 Å². The fraction of sp³-hybridized carbons (Fsp3) is 0.235. The molecule has 0 spiro atoms. The summed E-state index contributed by atoms with van der Waals surface area (Å²) in [6.45, 7) is 1.93. The lowest BCUT2D eigenvalue weighted by Gasteiger charge is -2.23. The van der Waals surface area contributed by atoms with Crippen molar-refractivity contribution in [3.05, 3.63) is 52.8 Å². The lowest BCUT2D eigenvalue weighted by molar-refractivity contribution is 0.515. The third-order valence-electron chi connectivity index (χ3n) is 4.20. The molecule has 1 aromatic carbocycles. The molecule has 22 heavy (non-hydrogen) atoms. The van der Waals surface area contributed by atoms with E-state index >= 15 is 0 Å². The highest BCUT2D eigenvalue weighted by Gasteiger charge is 2.20. The number of rotatable bonds is 0. The standard InChI is InChI=1S/C17H15N3OS/c21-15-12-6-1-2-8-14(12)20(16-13(15)7-5-9-18-16)17(22)19-10-3-4-11-19/h1-2,5-9H,3-4,10-11H2. The van der Waals surface area contributed by atoms with Gasteiger partial charge in [-0.25, -0.2) is 4.98 Å². The summed E-state index contributed by atoms with van der Waals surface area (Å²) in [5.74, 6) is 0. The molecule has 1 fully saturated rings. The molecule has 3 aromatic rings. The second kappa shape index (κ2) is 5.18. The van der Waals surface area contributed by atoms with Crippen LogP contribution in [0.4, 0.5) is 0 Å². The van der Waals surface area contributed by atoms with Crippen molar-refractivity contribution in [1.82, 2.24) is 14.5 Å². The SMILES string of the molecule is O=c1c2ccccc2n(C(=S)N2CCCC2)c2ncccc12. The fourth-order valence-corrected chi connectivity index (χ4v) is 3.48. The first kappa shape index (κ1) is 13.4. The van der Waals surface area contributed by atoms with Gasteiger partial charge in [-0.3, -0.25) is 9.36 Å². The van der Waals surface area contributed by atoms with Gasteiger partial charge < -0.3 is 4.90 Å². The molecule has 0 N–H and O–H groups in total. The number of pyridine rings is 2. The molecule has 5 heteroatoms. The fourth-order valence-electron chi connectivity index (χ4n) is 3.12. The maximum absolute atomic E-state index is 12.7. The third-order valence-corrected chi connectivity index (χ3v) is 4.64. The second-order valence-corrected chi connectivity index (χ2v) is 5.90. The normalized spacial score (nSPS) is 14.8. The van der Waals surface area contributed by atoms with Crippen molar-refractivity contribution in [1.29, 1.82) is 0 Å². The van der Waals surface area contributed by atoms with Crippen molar-refractivity contribution in [3.63, 3.8) is 0 Å². The number of fused-ring (bicyclic) bond motifs is 2. The Morgan fingerprint density at radius 1 is 1.05 bits per heavy atom. The van der Waals surface area contributed by atoms with Crippen LogP contribution in [0.15, 0.2) is 47.4 Å². The third kappa shape index (κ3) is 1.93. The molecule has 3 heterocycles. The van der Waals surface area contributed by atoms with Crippen LogP contribution in [0.5, 0.6) is 0 Å². The van der Waals surface area contributed by atoms with E-state index in [1.807, 2.05) is 34.9 Å². The molecule has 0 aliphatic carbocycles. The van der Waals surface area contributed by atoms with Gasteiger partial charge >= 0.3 is 0 Å². The molecule has 4 nitrogen and oxygen atoms in total. The zero-order valence-electron chi connectivity index (χ0n) is 12.0. The molecule has 0 atom stereocenters. The maximum Gasteiger partial charge on any atom is 0.198 e. The summed E-state index contributed by atoms with van der Waals surface area (Å²) in [7, 11) is 0. The first-order valence-electron chi connectivity index (χ1n) is 7.45. The van der Waals surface area contributed by atoms with Crippen LogP contribution in [0.3, 0.4) is 0 Å². The minimum atomic E-state index is 0.0131. The lowest BCUT2D eigenvalue weighted by Crippen LogP contribution is -2.33. The molecule has 2 aromatic heterocycles. The largest absolute Gasteiger partial charge is 0.349 e. The summed E-state index contributed by atoms with van der Waals surface area (Å²) in [6, 6.07) is 11.2. The molecule has 0 bridgehead atoms. The van der Waals surface area contributed by atoms with E-state index < -0.39 is 0 Å². The van der Waals surface area contributed by atoms with Gasteiger partial charge in [-0.1, -0.05) is 12.1 Å². The predicted octanol–water partition coefficient (Wildman–Crippen LogP) is 2.78. The number of likely N-dealkylation sites (tertiary alicyclic amines) is 1. The van der Waals surface area contributed by atoms with Crippen molar-refractivity contribution < 1.29 is 0 Å². The number of thiocarbonyl (C=S) groups is 1. The van der Waals surface area contributed by atoms with Gasteiger partial charge in [0.1, 0.15) is 0 Å². The zero-order valence-corrected chi connectivity index (χ0v) is 12.8. The van der Waals surface area contributed by atoms with Crippen LogP contribution >= 0.6 is 12.2 Å². The highest BCUT2D eigenvalue weighted by atomic mass is 32.1. The van der Waals surface area contributed by atoms with E-state index in [1.165, 1.54) is 0 Å². The Kier molecular flexibility index (Phi) is 3.15. The highest BCUT2D eigenvalue weighted by Crippen LogP contribution is 2.20. The Morgan fingerprint density at radius 3 is 2.59 bits per heavy atom. The molecule has 110 valence electrons. The summed E-state index contributed by atoms with van der Waals surface area (Å²) >= 11 is 5.73. The minimum absolute atomic E-state index is 0.0131. The molecule has 0 unspecified atom stereocenters. The smallest absolute Gasteiger partial charge is 0.198 e. The van der Waals surface area contributed by atoms with E-state index in [0.717, 1.165) is 36.6 Å². The van der Waals surface area contributed by atoms with Gasteiger partial charge in [0.15, 0.2) is 16.2 Å². The van der Waals surface area contributed by atoms with Crippen LogP contribution in [0.1, 0.15) is 12.8 Å². The van der Waals surface area contributed by atoms with E-state index in [4.69, 9.17) is 12.2 Å². The molecule has 0 amide bonds. The molecule has 0 radical (unpaired) electrons. The van der Waals surface area contributed by atoms with Crippen molar-refractivity contribution in [2.45, 2.75) is 12.8 Å². The average Bonchev–Trinajstić information content (AvgIpc) is 3.10. The van der Waals surface area contributed by atoms with Crippen LogP contribution in [0.25, 0.3) is 21.9 Å². The summed E-state index contributed by atoms with van der Waals surface area (Å²) in [4.78, 5) is 19.3. The van der Waals surface area contributed by atoms with Gasteiger partial charge in [0.05, 0.1) is 10.9 Å². The predicted molar refractivity (Wildman–Crippen MR) is 92.3 cm³/mol. The minimum Gasteiger partial charge on any atom is -0.349 e. The zero-order chi connectivity index (χ0) is 15.1. The average molecular weight is 309 g/mol. The van der Waals surface area contributed by atoms with Crippen LogP contribution < -0.4 is 5.43 Å². The topological polar surface area (TPSA) is 38.1 Å². The van der Waals surface area contributed by atoms with E-state index in [1.54, 1.807) is 12.3 Å². The van der Waals surface area contributed by atoms with Gasteiger partial charge in [0.2, 0.25) is 0 Å². The molecule has 1 saturated heterocycles. The van der Waals surface area contributed by atoms with Gasteiger partial charge in [-0.15, -0.1) is 0 Å². The summed E-state index contributed by atoms with van der Waals surface area (Å²) < 4.78 is 1.95. The van der Waals surface area contributed by atoms with E-state index in [2.05, 4.69) is 9.88 Å². The van der Waals surface area contributed by atoms with Crippen LogP contribution in [-0.2, 0) is 0 Å². The number of nitrogens with zero attached hydrogens (tertiary/aromatic N) is 3. The molecule has 1 aliphatic heterocycles.